The molecule has 2 nitrogen and oxygen atoms in total. The van der Waals surface area contributed by atoms with Crippen LogP contribution in [0.1, 0.15) is 24.0 Å². The van der Waals surface area contributed by atoms with Gasteiger partial charge in [0.2, 0.25) is 0 Å². The highest BCUT2D eigenvalue weighted by Crippen LogP contribution is 2.26. The van der Waals surface area contributed by atoms with E-state index in [1.54, 1.807) is 0 Å². The van der Waals surface area contributed by atoms with E-state index < -0.39 is 0 Å². The molecule has 17 heavy (non-hydrogen) atoms. The molecule has 0 aliphatic heterocycles. The summed E-state index contributed by atoms with van der Waals surface area (Å²) in [5, 5.41) is 0. The van der Waals surface area contributed by atoms with Gasteiger partial charge < -0.3 is 5.73 Å². The minimum absolute atomic E-state index is 0.256. The average Bonchev–Trinajstić information content (AvgIpc) is 3.13. The number of halogens is 1. The summed E-state index contributed by atoms with van der Waals surface area (Å²) >= 11 is 0. The van der Waals surface area contributed by atoms with Gasteiger partial charge in [-0.25, -0.2) is 4.39 Å². The van der Waals surface area contributed by atoms with Crippen LogP contribution in [0.4, 0.5) is 4.39 Å². The largest absolute Gasteiger partial charge is 0.320 e. The van der Waals surface area contributed by atoms with Gasteiger partial charge in [-0.05, 0) is 37.6 Å². The maximum atomic E-state index is 13.4. The Balaban J connectivity index is 2.12. The molecule has 0 bridgehead atoms. The second-order valence-electron chi connectivity index (χ2n) is 4.47. The molecule has 0 saturated heterocycles. The molecule has 0 spiro atoms. The molecule has 1 fully saturated rings. The lowest BCUT2D eigenvalue weighted by atomic mass is 10.1. The van der Waals surface area contributed by atoms with Gasteiger partial charge in [-0.3, -0.25) is 4.90 Å². The summed E-state index contributed by atoms with van der Waals surface area (Å²) in [5.41, 5.74) is 6.83. The first kappa shape index (κ1) is 12.1. The molecule has 0 atom stereocenters. The number of nitrogens with two attached hydrogens (primary N) is 1. The van der Waals surface area contributed by atoms with E-state index in [0.717, 1.165) is 12.1 Å². The van der Waals surface area contributed by atoms with Crippen LogP contribution in [0.5, 0.6) is 0 Å². The third kappa shape index (κ3) is 3.29. The van der Waals surface area contributed by atoms with Crippen molar-refractivity contribution in [3.63, 3.8) is 0 Å². The van der Waals surface area contributed by atoms with Crippen molar-refractivity contribution in [2.24, 2.45) is 5.73 Å². The highest BCUT2D eigenvalue weighted by atomic mass is 19.1. The zero-order valence-corrected chi connectivity index (χ0v) is 10.0. The molecule has 2 rings (SSSR count). The van der Waals surface area contributed by atoms with E-state index in [-0.39, 0.29) is 12.4 Å². The molecule has 0 unspecified atom stereocenters. The average molecular weight is 232 g/mol. The maximum Gasteiger partial charge on any atom is 0.138 e. The third-order valence-corrected chi connectivity index (χ3v) is 2.96. The predicted molar refractivity (Wildman–Crippen MR) is 66.8 cm³/mol. The molecule has 1 saturated carbocycles. The van der Waals surface area contributed by atoms with Gasteiger partial charge in [-0.2, -0.15) is 0 Å². The topological polar surface area (TPSA) is 29.3 Å². The normalized spacial score (nSPS) is 14.6. The van der Waals surface area contributed by atoms with Gasteiger partial charge in [-0.15, -0.1) is 0 Å². The molecular formula is C14H17FN2. The Morgan fingerprint density at radius 2 is 2.24 bits per heavy atom. The van der Waals surface area contributed by atoms with Gasteiger partial charge >= 0.3 is 0 Å². The van der Waals surface area contributed by atoms with Crippen LogP contribution in [0.25, 0.3) is 0 Å². The van der Waals surface area contributed by atoms with Crippen LogP contribution in [0.3, 0.4) is 0 Å². The van der Waals surface area contributed by atoms with Gasteiger partial charge in [0.05, 0.1) is 12.1 Å². The van der Waals surface area contributed by atoms with E-state index in [1.807, 2.05) is 12.1 Å². The maximum absolute atomic E-state index is 13.4. The van der Waals surface area contributed by atoms with Crippen molar-refractivity contribution in [1.29, 1.82) is 0 Å². The van der Waals surface area contributed by atoms with E-state index in [1.165, 1.54) is 18.9 Å². The Kier molecular flexibility index (Phi) is 3.78. The van der Waals surface area contributed by atoms with Gasteiger partial charge in [0, 0.05) is 12.6 Å². The second-order valence-corrected chi connectivity index (χ2v) is 4.47. The van der Waals surface area contributed by atoms with Crippen molar-refractivity contribution in [3.05, 3.63) is 35.1 Å². The zero-order valence-electron chi connectivity index (χ0n) is 10.0. The quantitative estimate of drug-likeness (QED) is 0.804. The summed E-state index contributed by atoms with van der Waals surface area (Å²) in [5.74, 6) is 5.17. The monoisotopic (exact) mass is 232 g/mol. The van der Waals surface area contributed by atoms with Crippen LogP contribution in [0.15, 0.2) is 18.2 Å². The van der Waals surface area contributed by atoms with E-state index in [0.29, 0.717) is 11.6 Å². The van der Waals surface area contributed by atoms with E-state index in [2.05, 4.69) is 23.8 Å². The summed E-state index contributed by atoms with van der Waals surface area (Å²) in [6.45, 7) is 1.11. The summed E-state index contributed by atoms with van der Waals surface area (Å²) in [7, 11) is 2.10. The van der Waals surface area contributed by atoms with Crippen molar-refractivity contribution in [2.75, 3.05) is 13.6 Å². The molecule has 1 aromatic rings. The summed E-state index contributed by atoms with van der Waals surface area (Å²) < 4.78 is 13.4. The lowest BCUT2D eigenvalue weighted by Gasteiger charge is -2.15. The molecule has 3 heteroatoms. The molecule has 0 aromatic heterocycles. The first-order valence-corrected chi connectivity index (χ1v) is 5.88. The lowest BCUT2D eigenvalue weighted by Crippen LogP contribution is -2.19. The molecule has 0 amide bonds. The highest BCUT2D eigenvalue weighted by Gasteiger charge is 2.25. The fourth-order valence-electron chi connectivity index (χ4n) is 1.85. The van der Waals surface area contributed by atoms with E-state index in [4.69, 9.17) is 5.73 Å². The van der Waals surface area contributed by atoms with E-state index >= 15 is 0 Å². The minimum Gasteiger partial charge on any atom is -0.320 e. The second kappa shape index (κ2) is 5.31. The summed E-state index contributed by atoms with van der Waals surface area (Å²) in [6, 6.07) is 5.83. The summed E-state index contributed by atoms with van der Waals surface area (Å²) in [4.78, 5) is 2.30. The van der Waals surface area contributed by atoms with Crippen LogP contribution < -0.4 is 5.73 Å². The first-order valence-electron chi connectivity index (χ1n) is 5.88. The van der Waals surface area contributed by atoms with Crippen LogP contribution in [-0.2, 0) is 6.54 Å². The Labute approximate surface area is 102 Å². The molecule has 2 N–H and O–H groups in total. The standard InChI is InChI=1S/C14H17FN2/c1-17(13-5-6-13)10-11-4-7-14(15)12(9-11)3-2-8-16/h4,7,9,13H,5-6,8,10,16H2,1H3. The van der Waals surface area contributed by atoms with Crippen LogP contribution >= 0.6 is 0 Å². The van der Waals surface area contributed by atoms with Gasteiger partial charge in [0.15, 0.2) is 0 Å². The number of rotatable bonds is 3. The van der Waals surface area contributed by atoms with Crippen molar-refractivity contribution in [2.45, 2.75) is 25.4 Å². The van der Waals surface area contributed by atoms with Crippen molar-refractivity contribution < 1.29 is 4.39 Å². The van der Waals surface area contributed by atoms with Crippen molar-refractivity contribution >= 4 is 0 Å². The van der Waals surface area contributed by atoms with Gasteiger partial charge in [-0.1, -0.05) is 17.9 Å². The predicted octanol–water partition coefficient (Wildman–Crippen LogP) is 1.73. The Hall–Kier alpha value is -1.37. The van der Waals surface area contributed by atoms with Crippen molar-refractivity contribution in [3.8, 4) is 11.8 Å². The molecule has 1 aromatic carbocycles. The Morgan fingerprint density at radius 1 is 1.47 bits per heavy atom. The third-order valence-electron chi connectivity index (χ3n) is 2.96. The molecule has 1 aliphatic rings. The number of hydrogen-bond acceptors (Lipinski definition) is 2. The molecule has 0 heterocycles. The summed E-state index contributed by atoms with van der Waals surface area (Å²) in [6.07, 6.45) is 2.55. The molecule has 90 valence electrons. The number of benzene rings is 1. The van der Waals surface area contributed by atoms with Crippen LogP contribution in [-0.4, -0.2) is 24.5 Å². The number of nitrogens with zero attached hydrogens (tertiary/aromatic N) is 1. The highest BCUT2D eigenvalue weighted by molar-refractivity contribution is 5.38. The molecule has 0 radical (unpaired) electrons. The Bertz CT molecular complexity index is 455. The number of hydrogen-bond donors (Lipinski definition) is 1. The fraction of sp³-hybridized carbons (Fsp3) is 0.429. The SMILES string of the molecule is CN(Cc1ccc(F)c(C#CCN)c1)C1CC1. The fourth-order valence-corrected chi connectivity index (χ4v) is 1.85. The zero-order chi connectivity index (χ0) is 12.3. The van der Waals surface area contributed by atoms with Gasteiger partial charge in [0.1, 0.15) is 5.82 Å². The first-order chi connectivity index (χ1) is 8.20. The minimum atomic E-state index is -0.274. The van der Waals surface area contributed by atoms with Crippen molar-refractivity contribution in [1.82, 2.24) is 4.90 Å². The van der Waals surface area contributed by atoms with Crippen LogP contribution in [0.2, 0.25) is 0 Å². The van der Waals surface area contributed by atoms with Crippen LogP contribution in [0, 0.1) is 17.7 Å². The molecular weight excluding hydrogens is 215 g/mol. The molecule has 1 aliphatic carbocycles. The van der Waals surface area contributed by atoms with Gasteiger partial charge in [0.25, 0.3) is 0 Å². The van der Waals surface area contributed by atoms with E-state index in [9.17, 15) is 4.39 Å². The Morgan fingerprint density at radius 3 is 2.88 bits per heavy atom. The lowest BCUT2D eigenvalue weighted by molar-refractivity contribution is 0.316. The smallest absolute Gasteiger partial charge is 0.138 e.